The zero-order valence-corrected chi connectivity index (χ0v) is 19.9. The number of rotatable bonds is 8. The molecule has 1 aromatic rings. The average molecular weight is 449 g/mol. The number of nitrogens with one attached hydrogen (secondary N) is 2. The van der Waals surface area contributed by atoms with E-state index in [-0.39, 0.29) is 17.9 Å². The molecule has 6 nitrogen and oxygen atoms in total. The number of hydrogen-bond acceptors (Lipinski definition) is 4. The fourth-order valence-electron chi connectivity index (χ4n) is 4.82. The monoisotopic (exact) mass is 448 g/mol. The molecule has 1 saturated heterocycles. The first-order valence-electron chi connectivity index (χ1n) is 11.7. The third-order valence-electron chi connectivity index (χ3n) is 6.68. The van der Waals surface area contributed by atoms with E-state index in [1.54, 1.807) is 0 Å². The van der Waals surface area contributed by atoms with Gasteiger partial charge in [0.25, 0.3) is 0 Å². The van der Waals surface area contributed by atoms with Gasteiger partial charge in [-0.3, -0.25) is 14.5 Å². The molecule has 172 valence electrons. The second kappa shape index (κ2) is 11.3. The van der Waals surface area contributed by atoms with Gasteiger partial charge in [0.2, 0.25) is 11.8 Å². The van der Waals surface area contributed by atoms with Crippen LogP contribution in [-0.2, 0) is 16.1 Å². The minimum absolute atomic E-state index is 0.0132. The normalized spacial score (nSPS) is 20.3. The van der Waals surface area contributed by atoms with E-state index in [1.807, 2.05) is 26.1 Å². The van der Waals surface area contributed by atoms with Crippen LogP contribution in [0.15, 0.2) is 12.1 Å². The summed E-state index contributed by atoms with van der Waals surface area (Å²) in [5.74, 6) is 0.606. The Hall–Kier alpha value is -1.63. The van der Waals surface area contributed by atoms with Gasteiger partial charge in [0.05, 0.1) is 0 Å². The van der Waals surface area contributed by atoms with Crippen molar-refractivity contribution in [3.8, 4) is 0 Å². The number of piperazine rings is 1. The van der Waals surface area contributed by atoms with Crippen LogP contribution in [0.4, 0.5) is 5.69 Å². The summed E-state index contributed by atoms with van der Waals surface area (Å²) in [5.41, 5.74) is 2.98. The van der Waals surface area contributed by atoms with Crippen LogP contribution in [0.3, 0.4) is 0 Å². The predicted molar refractivity (Wildman–Crippen MR) is 126 cm³/mol. The summed E-state index contributed by atoms with van der Waals surface area (Å²) in [7, 11) is 1.89. The number of hydrogen-bond donors (Lipinski definition) is 2. The fraction of sp³-hybridized carbons (Fsp3) is 0.667. The Kier molecular flexibility index (Phi) is 8.76. The molecule has 3 rings (SSSR count). The summed E-state index contributed by atoms with van der Waals surface area (Å²) >= 11 is 6.38. The molecule has 1 aliphatic heterocycles. The largest absolute Gasteiger partial charge is 0.337 e. The SMILES string of the molecule is CNCCCC(=O)Nc1cc(Cl)cc(CN2CCN(C(=O)C3CCCC3)[C@@H](C)C2)c1C. The number of carbonyl (C=O) groups excluding carboxylic acids is 2. The van der Waals surface area contributed by atoms with E-state index >= 15 is 0 Å². The molecule has 1 heterocycles. The summed E-state index contributed by atoms with van der Waals surface area (Å²) in [6.45, 7) is 8.28. The number of carbonyl (C=O) groups is 2. The van der Waals surface area contributed by atoms with Gasteiger partial charge in [0.15, 0.2) is 0 Å². The van der Waals surface area contributed by atoms with Crippen LogP contribution in [0.1, 0.15) is 56.6 Å². The minimum Gasteiger partial charge on any atom is -0.337 e. The maximum atomic E-state index is 12.9. The van der Waals surface area contributed by atoms with Crippen LogP contribution in [0, 0.1) is 12.8 Å². The van der Waals surface area contributed by atoms with E-state index in [2.05, 4.69) is 27.4 Å². The minimum atomic E-state index is 0.0132. The van der Waals surface area contributed by atoms with Gasteiger partial charge < -0.3 is 15.5 Å². The van der Waals surface area contributed by atoms with Crippen molar-refractivity contribution in [3.63, 3.8) is 0 Å². The smallest absolute Gasteiger partial charge is 0.226 e. The summed E-state index contributed by atoms with van der Waals surface area (Å²) in [6, 6.07) is 4.04. The number of anilines is 1. The quantitative estimate of drug-likeness (QED) is 0.593. The van der Waals surface area contributed by atoms with E-state index in [0.29, 0.717) is 17.4 Å². The van der Waals surface area contributed by atoms with Crippen molar-refractivity contribution in [2.45, 2.75) is 65.0 Å². The molecule has 1 atom stereocenters. The second-order valence-electron chi connectivity index (χ2n) is 9.09. The van der Waals surface area contributed by atoms with Gasteiger partial charge in [-0.05, 0) is 70.0 Å². The molecule has 7 heteroatoms. The van der Waals surface area contributed by atoms with Gasteiger partial charge in [0, 0.05) is 55.3 Å². The molecule has 0 spiro atoms. The average Bonchev–Trinajstić information content (AvgIpc) is 3.26. The van der Waals surface area contributed by atoms with Crippen LogP contribution in [-0.4, -0.2) is 60.9 Å². The maximum Gasteiger partial charge on any atom is 0.226 e. The lowest BCUT2D eigenvalue weighted by atomic mass is 10.0. The van der Waals surface area contributed by atoms with Crippen LogP contribution in [0.2, 0.25) is 5.02 Å². The molecular formula is C24H37ClN4O2. The van der Waals surface area contributed by atoms with Gasteiger partial charge in [0.1, 0.15) is 0 Å². The predicted octanol–water partition coefficient (Wildman–Crippen LogP) is 3.81. The number of benzene rings is 1. The van der Waals surface area contributed by atoms with Gasteiger partial charge >= 0.3 is 0 Å². The Morgan fingerprint density at radius 2 is 1.94 bits per heavy atom. The Morgan fingerprint density at radius 3 is 2.61 bits per heavy atom. The zero-order chi connectivity index (χ0) is 22.4. The molecule has 0 bridgehead atoms. The van der Waals surface area contributed by atoms with Crippen molar-refractivity contribution in [2.75, 3.05) is 38.5 Å². The molecule has 2 aliphatic rings. The molecule has 2 amide bonds. The summed E-state index contributed by atoms with van der Waals surface area (Å²) < 4.78 is 0. The van der Waals surface area contributed by atoms with Crippen molar-refractivity contribution in [1.82, 2.24) is 15.1 Å². The van der Waals surface area contributed by atoms with Crippen LogP contribution < -0.4 is 10.6 Å². The molecule has 0 unspecified atom stereocenters. The van der Waals surface area contributed by atoms with Gasteiger partial charge in [-0.1, -0.05) is 24.4 Å². The molecule has 1 saturated carbocycles. The number of amides is 2. The van der Waals surface area contributed by atoms with Gasteiger partial charge in [-0.2, -0.15) is 0 Å². The highest BCUT2D eigenvalue weighted by atomic mass is 35.5. The number of halogens is 1. The van der Waals surface area contributed by atoms with Crippen molar-refractivity contribution in [3.05, 3.63) is 28.3 Å². The van der Waals surface area contributed by atoms with Crippen LogP contribution in [0.5, 0.6) is 0 Å². The van der Waals surface area contributed by atoms with Crippen molar-refractivity contribution < 1.29 is 9.59 Å². The third kappa shape index (κ3) is 6.43. The zero-order valence-electron chi connectivity index (χ0n) is 19.2. The third-order valence-corrected chi connectivity index (χ3v) is 6.90. The summed E-state index contributed by atoms with van der Waals surface area (Å²) in [5, 5.41) is 6.72. The Bertz CT molecular complexity index is 779. The highest BCUT2D eigenvalue weighted by Crippen LogP contribution is 2.29. The first-order chi connectivity index (χ1) is 14.9. The number of nitrogens with zero attached hydrogens (tertiary/aromatic N) is 2. The molecular weight excluding hydrogens is 412 g/mol. The lowest BCUT2D eigenvalue weighted by Gasteiger charge is -2.41. The molecule has 2 fully saturated rings. The topological polar surface area (TPSA) is 64.7 Å². The molecule has 0 aromatic heterocycles. The van der Waals surface area contributed by atoms with Crippen molar-refractivity contribution in [1.29, 1.82) is 0 Å². The summed E-state index contributed by atoms with van der Waals surface area (Å²) in [4.78, 5) is 29.6. The van der Waals surface area contributed by atoms with E-state index in [1.165, 1.54) is 12.8 Å². The van der Waals surface area contributed by atoms with E-state index in [9.17, 15) is 9.59 Å². The Morgan fingerprint density at radius 1 is 1.19 bits per heavy atom. The lowest BCUT2D eigenvalue weighted by molar-refractivity contribution is -0.140. The highest BCUT2D eigenvalue weighted by Gasteiger charge is 2.33. The van der Waals surface area contributed by atoms with Gasteiger partial charge in [-0.15, -0.1) is 0 Å². The molecule has 1 aromatic carbocycles. The fourth-order valence-corrected chi connectivity index (χ4v) is 5.06. The van der Waals surface area contributed by atoms with Gasteiger partial charge in [-0.25, -0.2) is 0 Å². The molecule has 1 aliphatic carbocycles. The Balaban J connectivity index is 1.60. The Labute approximate surface area is 191 Å². The van der Waals surface area contributed by atoms with E-state index < -0.39 is 0 Å². The molecule has 31 heavy (non-hydrogen) atoms. The van der Waals surface area contributed by atoms with E-state index in [0.717, 1.165) is 68.8 Å². The highest BCUT2D eigenvalue weighted by molar-refractivity contribution is 6.31. The first-order valence-corrected chi connectivity index (χ1v) is 12.0. The second-order valence-corrected chi connectivity index (χ2v) is 9.53. The van der Waals surface area contributed by atoms with Crippen LogP contribution >= 0.6 is 11.6 Å². The first kappa shape index (κ1) is 24.0. The van der Waals surface area contributed by atoms with E-state index in [4.69, 9.17) is 11.6 Å². The maximum absolute atomic E-state index is 12.9. The standard InChI is InChI=1S/C24H37ClN4O2/c1-17-15-28(11-12-29(17)24(31)19-7-4-5-8-19)16-20-13-21(25)14-22(18(20)2)27-23(30)9-6-10-26-3/h13-14,17,19,26H,4-12,15-16H2,1-3H3,(H,27,30)/t17-/m0/s1. The van der Waals surface area contributed by atoms with Crippen molar-refractivity contribution >= 4 is 29.1 Å². The van der Waals surface area contributed by atoms with Crippen molar-refractivity contribution in [2.24, 2.45) is 5.92 Å². The molecule has 2 N–H and O–H groups in total. The van der Waals surface area contributed by atoms with Crippen LogP contribution in [0.25, 0.3) is 0 Å². The molecule has 0 radical (unpaired) electrons. The lowest BCUT2D eigenvalue weighted by Crippen LogP contribution is -2.54. The summed E-state index contributed by atoms with van der Waals surface area (Å²) in [6.07, 6.45) is 5.77.